The summed E-state index contributed by atoms with van der Waals surface area (Å²) < 4.78 is 10.3. The van der Waals surface area contributed by atoms with Gasteiger partial charge in [0.05, 0.1) is 26.0 Å². The standard InChI is InChI=1S/C16H15N5O3S/c1-9-6-11(10-4-5-17-8-13(10)23-2)12(7-18-9)14(22)19-15-20-21-16(24-3)25-15/h4-8H,1-3H3,(H,19,20,22). The summed E-state index contributed by atoms with van der Waals surface area (Å²) in [5.74, 6) is 0.222. The molecule has 0 radical (unpaired) electrons. The van der Waals surface area contributed by atoms with Crippen LogP contribution in [0.25, 0.3) is 11.1 Å². The third-order valence-electron chi connectivity index (χ3n) is 3.38. The van der Waals surface area contributed by atoms with E-state index in [1.165, 1.54) is 13.3 Å². The summed E-state index contributed by atoms with van der Waals surface area (Å²) in [6.45, 7) is 1.86. The molecule has 0 saturated heterocycles. The second-order valence-electron chi connectivity index (χ2n) is 4.98. The molecule has 0 aliphatic heterocycles. The molecule has 3 rings (SSSR count). The minimum absolute atomic E-state index is 0.343. The second kappa shape index (κ2) is 7.22. The van der Waals surface area contributed by atoms with Gasteiger partial charge in [-0.1, -0.05) is 5.10 Å². The molecular weight excluding hydrogens is 342 g/mol. The number of anilines is 1. The Morgan fingerprint density at radius 1 is 1.16 bits per heavy atom. The van der Waals surface area contributed by atoms with Crippen LogP contribution in [0.1, 0.15) is 16.1 Å². The summed E-state index contributed by atoms with van der Waals surface area (Å²) >= 11 is 1.14. The van der Waals surface area contributed by atoms with E-state index in [2.05, 4.69) is 25.5 Å². The van der Waals surface area contributed by atoms with E-state index < -0.39 is 0 Å². The van der Waals surface area contributed by atoms with Crippen molar-refractivity contribution in [1.29, 1.82) is 0 Å². The molecule has 8 nitrogen and oxygen atoms in total. The first-order chi connectivity index (χ1) is 12.1. The number of carbonyl (C=O) groups excluding carboxylic acids is 1. The monoisotopic (exact) mass is 357 g/mol. The lowest BCUT2D eigenvalue weighted by atomic mass is 10.0. The number of pyridine rings is 2. The Balaban J connectivity index is 2.00. The first-order valence-corrected chi connectivity index (χ1v) is 8.08. The van der Waals surface area contributed by atoms with Crippen molar-refractivity contribution in [2.24, 2.45) is 0 Å². The molecule has 3 aromatic heterocycles. The Kier molecular flexibility index (Phi) is 4.85. The maximum Gasteiger partial charge on any atom is 0.295 e. The number of rotatable bonds is 5. The Morgan fingerprint density at radius 3 is 2.72 bits per heavy atom. The van der Waals surface area contributed by atoms with Gasteiger partial charge in [-0.2, -0.15) is 0 Å². The predicted molar refractivity (Wildman–Crippen MR) is 93.2 cm³/mol. The number of hydrogen-bond acceptors (Lipinski definition) is 8. The van der Waals surface area contributed by atoms with Crippen LogP contribution in [0.4, 0.5) is 5.13 Å². The van der Waals surface area contributed by atoms with Crippen LogP contribution in [0.3, 0.4) is 0 Å². The molecule has 128 valence electrons. The largest absolute Gasteiger partial charge is 0.494 e. The molecule has 0 bridgehead atoms. The van der Waals surface area contributed by atoms with E-state index in [0.717, 1.165) is 22.6 Å². The first kappa shape index (κ1) is 16.8. The van der Waals surface area contributed by atoms with Crippen molar-refractivity contribution in [3.63, 3.8) is 0 Å². The van der Waals surface area contributed by atoms with Crippen molar-refractivity contribution in [3.05, 3.63) is 42.0 Å². The van der Waals surface area contributed by atoms with E-state index >= 15 is 0 Å². The van der Waals surface area contributed by atoms with Crippen molar-refractivity contribution in [2.45, 2.75) is 6.92 Å². The highest BCUT2D eigenvalue weighted by Crippen LogP contribution is 2.32. The zero-order valence-electron chi connectivity index (χ0n) is 13.8. The number of amides is 1. The lowest BCUT2D eigenvalue weighted by Crippen LogP contribution is -2.14. The smallest absolute Gasteiger partial charge is 0.295 e. The van der Waals surface area contributed by atoms with Gasteiger partial charge >= 0.3 is 0 Å². The molecular formula is C16H15N5O3S. The van der Waals surface area contributed by atoms with Gasteiger partial charge in [0, 0.05) is 29.2 Å². The van der Waals surface area contributed by atoms with Crippen LogP contribution in [-0.2, 0) is 0 Å². The minimum Gasteiger partial charge on any atom is -0.494 e. The number of ether oxygens (including phenoxy) is 2. The Bertz CT molecular complexity index is 912. The highest BCUT2D eigenvalue weighted by Gasteiger charge is 2.18. The van der Waals surface area contributed by atoms with Crippen LogP contribution >= 0.6 is 11.3 Å². The van der Waals surface area contributed by atoms with E-state index in [0.29, 0.717) is 27.2 Å². The van der Waals surface area contributed by atoms with Gasteiger partial charge < -0.3 is 9.47 Å². The van der Waals surface area contributed by atoms with E-state index in [1.807, 2.05) is 13.0 Å². The number of aryl methyl sites for hydroxylation is 1. The van der Waals surface area contributed by atoms with E-state index in [4.69, 9.17) is 9.47 Å². The predicted octanol–water partition coefficient (Wildman–Crippen LogP) is 2.57. The third-order valence-corrected chi connectivity index (χ3v) is 4.18. The first-order valence-electron chi connectivity index (χ1n) is 7.26. The summed E-state index contributed by atoms with van der Waals surface area (Å²) in [6, 6.07) is 3.62. The fraction of sp³-hybridized carbons (Fsp3) is 0.188. The van der Waals surface area contributed by atoms with Crippen molar-refractivity contribution >= 4 is 22.4 Å². The summed E-state index contributed by atoms with van der Waals surface area (Å²) in [4.78, 5) is 21.0. The topological polar surface area (TPSA) is 99.1 Å². The van der Waals surface area contributed by atoms with Crippen molar-refractivity contribution < 1.29 is 14.3 Å². The molecule has 0 fully saturated rings. The van der Waals surface area contributed by atoms with Crippen LogP contribution in [0.5, 0.6) is 10.9 Å². The highest BCUT2D eigenvalue weighted by molar-refractivity contribution is 7.17. The lowest BCUT2D eigenvalue weighted by molar-refractivity contribution is 0.102. The van der Waals surface area contributed by atoms with Gasteiger partial charge in [0.1, 0.15) is 5.75 Å². The normalized spacial score (nSPS) is 10.4. The molecule has 0 saturated carbocycles. The highest BCUT2D eigenvalue weighted by atomic mass is 32.1. The van der Waals surface area contributed by atoms with E-state index in [1.54, 1.807) is 25.6 Å². The molecule has 0 unspecified atom stereocenters. The van der Waals surface area contributed by atoms with Crippen molar-refractivity contribution in [3.8, 4) is 22.1 Å². The molecule has 0 aromatic carbocycles. The minimum atomic E-state index is -0.347. The molecule has 0 aliphatic rings. The van der Waals surface area contributed by atoms with E-state index in [9.17, 15) is 4.79 Å². The van der Waals surface area contributed by atoms with Gasteiger partial charge in [-0.3, -0.25) is 20.1 Å². The summed E-state index contributed by atoms with van der Waals surface area (Å²) in [5.41, 5.74) is 2.62. The van der Waals surface area contributed by atoms with Crippen molar-refractivity contribution in [1.82, 2.24) is 20.2 Å². The number of aromatic nitrogens is 4. The van der Waals surface area contributed by atoms with Crippen LogP contribution < -0.4 is 14.8 Å². The van der Waals surface area contributed by atoms with Gasteiger partial charge in [-0.05, 0) is 30.4 Å². The zero-order chi connectivity index (χ0) is 17.8. The van der Waals surface area contributed by atoms with E-state index in [-0.39, 0.29) is 5.91 Å². The van der Waals surface area contributed by atoms with Crippen molar-refractivity contribution in [2.75, 3.05) is 19.5 Å². The fourth-order valence-electron chi connectivity index (χ4n) is 2.24. The average Bonchev–Trinajstić information content (AvgIpc) is 3.09. The summed E-state index contributed by atoms with van der Waals surface area (Å²) in [6.07, 6.45) is 4.77. The number of nitrogens with zero attached hydrogens (tertiary/aromatic N) is 4. The molecule has 0 atom stereocenters. The van der Waals surface area contributed by atoms with Crippen LogP contribution in [0.2, 0.25) is 0 Å². The second-order valence-corrected chi connectivity index (χ2v) is 5.92. The number of nitrogens with one attached hydrogen (secondary N) is 1. The number of carbonyl (C=O) groups is 1. The molecule has 9 heteroatoms. The molecule has 3 aromatic rings. The maximum absolute atomic E-state index is 12.7. The molecule has 0 aliphatic carbocycles. The lowest BCUT2D eigenvalue weighted by Gasteiger charge is -2.12. The van der Waals surface area contributed by atoms with Crippen LogP contribution in [0.15, 0.2) is 30.7 Å². The maximum atomic E-state index is 12.7. The molecule has 1 amide bonds. The fourth-order valence-corrected chi connectivity index (χ4v) is 2.79. The third kappa shape index (κ3) is 3.56. The van der Waals surface area contributed by atoms with Crippen LogP contribution in [0, 0.1) is 6.92 Å². The zero-order valence-corrected chi connectivity index (χ0v) is 14.6. The summed E-state index contributed by atoms with van der Waals surface area (Å²) in [5, 5.41) is 11.1. The quantitative estimate of drug-likeness (QED) is 0.749. The van der Waals surface area contributed by atoms with Gasteiger partial charge in [-0.15, -0.1) is 5.10 Å². The molecule has 1 N–H and O–H groups in total. The average molecular weight is 357 g/mol. The van der Waals surface area contributed by atoms with Gasteiger partial charge in [-0.25, -0.2) is 0 Å². The number of methoxy groups -OCH3 is 2. The van der Waals surface area contributed by atoms with Gasteiger partial charge in [0.15, 0.2) is 0 Å². The molecule has 0 spiro atoms. The Hall–Kier alpha value is -3.07. The SMILES string of the molecule is COc1nnc(NC(=O)c2cnc(C)cc2-c2ccncc2OC)s1. The summed E-state index contributed by atoms with van der Waals surface area (Å²) in [7, 11) is 3.05. The van der Waals surface area contributed by atoms with Gasteiger partial charge in [0.2, 0.25) is 5.13 Å². The Labute approximate surface area is 147 Å². The molecule has 3 heterocycles. The number of hydrogen-bond donors (Lipinski definition) is 1. The Morgan fingerprint density at radius 2 is 2.00 bits per heavy atom. The van der Waals surface area contributed by atoms with Crippen LogP contribution in [-0.4, -0.2) is 40.3 Å². The van der Waals surface area contributed by atoms with Gasteiger partial charge in [0.25, 0.3) is 11.1 Å². The molecule has 25 heavy (non-hydrogen) atoms.